The molecule has 0 unspecified atom stereocenters. The number of para-hydroxylation sites is 1. The van der Waals surface area contributed by atoms with E-state index >= 15 is 0 Å². The molecule has 156 valence electrons. The third kappa shape index (κ3) is 5.20. The molecule has 1 fully saturated rings. The Morgan fingerprint density at radius 3 is 2.70 bits per heavy atom. The largest absolute Gasteiger partial charge is 0.497 e. The first-order valence-electron chi connectivity index (χ1n) is 9.32. The first kappa shape index (κ1) is 21.9. The summed E-state index contributed by atoms with van der Waals surface area (Å²) in [7, 11) is 1.57. The molecule has 0 saturated carbocycles. The van der Waals surface area contributed by atoms with Gasteiger partial charge in [-0.2, -0.15) is 0 Å². The first-order valence-corrected chi connectivity index (χ1v) is 10.5. The van der Waals surface area contributed by atoms with Crippen LogP contribution in [0.3, 0.4) is 0 Å². The molecule has 0 aromatic heterocycles. The molecular formula is C22H22N2O4S2. The number of benzene rings is 2. The van der Waals surface area contributed by atoms with Gasteiger partial charge in [0.05, 0.1) is 12.0 Å². The maximum absolute atomic E-state index is 12.6. The molecule has 2 aromatic rings. The standard InChI is InChI=1S/C22H22N2O4S2/c1-14(2)24-21(26)19(30-22(24)29)11-15-7-4-5-10-18(15)28-13-20(25)23-16-8-6-9-17(12-16)27-3/h4-12,14H,13H2,1-3H3,(H,23,25)/b19-11-. The molecule has 1 heterocycles. The summed E-state index contributed by atoms with van der Waals surface area (Å²) in [6, 6.07) is 14.3. The third-order valence-electron chi connectivity index (χ3n) is 4.26. The zero-order valence-corrected chi connectivity index (χ0v) is 18.5. The summed E-state index contributed by atoms with van der Waals surface area (Å²) >= 11 is 6.59. The summed E-state index contributed by atoms with van der Waals surface area (Å²) in [5.74, 6) is 0.737. The van der Waals surface area contributed by atoms with Gasteiger partial charge in [-0.15, -0.1) is 0 Å². The fraction of sp³-hybridized carbons (Fsp3) is 0.227. The van der Waals surface area contributed by atoms with E-state index in [4.69, 9.17) is 21.7 Å². The van der Waals surface area contributed by atoms with Crippen molar-refractivity contribution < 1.29 is 19.1 Å². The van der Waals surface area contributed by atoms with Crippen LogP contribution in [0, 0.1) is 0 Å². The highest BCUT2D eigenvalue weighted by molar-refractivity contribution is 8.26. The second-order valence-corrected chi connectivity index (χ2v) is 8.43. The Kier molecular flexibility index (Phi) is 7.12. The van der Waals surface area contributed by atoms with E-state index in [1.807, 2.05) is 32.0 Å². The van der Waals surface area contributed by atoms with Gasteiger partial charge in [0, 0.05) is 23.4 Å². The SMILES string of the molecule is COc1cccc(NC(=O)COc2ccccc2/C=C2\SC(=S)N(C(C)C)C2=O)c1. The predicted molar refractivity (Wildman–Crippen MR) is 124 cm³/mol. The van der Waals surface area contributed by atoms with Gasteiger partial charge in [0.25, 0.3) is 11.8 Å². The number of hydrogen-bond donors (Lipinski definition) is 1. The topological polar surface area (TPSA) is 67.9 Å². The summed E-state index contributed by atoms with van der Waals surface area (Å²) in [6.45, 7) is 3.67. The van der Waals surface area contributed by atoms with Gasteiger partial charge in [0.15, 0.2) is 6.61 Å². The van der Waals surface area contributed by atoms with Crippen LogP contribution in [0.15, 0.2) is 53.4 Å². The van der Waals surface area contributed by atoms with E-state index in [9.17, 15) is 9.59 Å². The molecular weight excluding hydrogens is 420 g/mol. The lowest BCUT2D eigenvalue weighted by molar-refractivity contribution is -0.123. The molecule has 3 rings (SSSR count). The summed E-state index contributed by atoms with van der Waals surface area (Å²) in [4.78, 5) is 27.0. The highest BCUT2D eigenvalue weighted by atomic mass is 32.2. The molecule has 2 aromatic carbocycles. The van der Waals surface area contributed by atoms with Crippen molar-refractivity contribution >= 4 is 51.9 Å². The smallest absolute Gasteiger partial charge is 0.266 e. The average Bonchev–Trinajstić information content (AvgIpc) is 3.00. The summed E-state index contributed by atoms with van der Waals surface area (Å²) < 4.78 is 11.4. The van der Waals surface area contributed by atoms with Gasteiger partial charge in [-0.05, 0) is 38.1 Å². The van der Waals surface area contributed by atoms with Gasteiger partial charge in [-0.1, -0.05) is 48.2 Å². The Morgan fingerprint density at radius 1 is 1.23 bits per heavy atom. The summed E-state index contributed by atoms with van der Waals surface area (Å²) in [6.07, 6.45) is 1.75. The normalized spacial score (nSPS) is 15.1. The molecule has 2 amide bonds. The highest BCUT2D eigenvalue weighted by Gasteiger charge is 2.33. The highest BCUT2D eigenvalue weighted by Crippen LogP contribution is 2.35. The fourth-order valence-corrected chi connectivity index (χ4v) is 4.35. The molecule has 0 radical (unpaired) electrons. The monoisotopic (exact) mass is 442 g/mol. The molecule has 1 saturated heterocycles. The number of rotatable bonds is 7. The second-order valence-electron chi connectivity index (χ2n) is 6.75. The van der Waals surface area contributed by atoms with Crippen LogP contribution in [0.4, 0.5) is 5.69 Å². The fourth-order valence-electron chi connectivity index (χ4n) is 2.84. The molecule has 0 atom stereocenters. The number of thioether (sulfide) groups is 1. The number of anilines is 1. The Morgan fingerprint density at radius 2 is 2.00 bits per heavy atom. The Balaban J connectivity index is 1.69. The van der Waals surface area contributed by atoms with E-state index in [1.54, 1.807) is 48.4 Å². The lowest BCUT2D eigenvalue weighted by Gasteiger charge is -2.18. The second kappa shape index (κ2) is 9.77. The molecule has 0 bridgehead atoms. The van der Waals surface area contributed by atoms with Gasteiger partial charge in [0.2, 0.25) is 0 Å². The Hall–Kier alpha value is -2.84. The number of hydrogen-bond acceptors (Lipinski definition) is 6. The maximum atomic E-state index is 12.6. The first-order chi connectivity index (χ1) is 14.4. The minimum atomic E-state index is -0.302. The van der Waals surface area contributed by atoms with E-state index in [0.717, 1.165) is 0 Å². The van der Waals surface area contributed by atoms with E-state index < -0.39 is 0 Å². The molecule has 1 aliphatic heterocycles. The number of amides is 2. The average molecular weight is 443 g/mol. The van der Waals surface area contributed by atoms with Crippen molar-refractivity contribution in [3.63, 3.8) is 0 Å². The van der Waals surface area contributed by atoms with Gasteiger partial charge in [-0.25, -0.2) is 0 Å². The molecule has 1 aliphatic rings. The third-order valence-corrected chi connectivity index (χ3v) is 5.59. The van der Waals surface area contributed by atoms with Crippen LogP contribution in [-0.4, -0.2) is 40.8 Å². The quantitative estimate of drug-likeness (QED) is 0.509. The predicted octanol–water partition coefficient (Wildman–Crippen LogP) is 4.32. The van der Waals surface area contributed by atoms with Crippen molar-refractivity contribution in [2.75, 3.05) is 19.0 Å². The molecule has 30 heavy (non-hydrogen) atoms. The number of nitrogens with zero attached hydrogens (tertiary/aromatic N) is 1. The number of carbonyl (C=O) groups excluding carboxylic acids is 2. The van der Waals surface area contributed by atoms with Gasteiger partial charge in [0.1, 0.15) is 15.8 Å². The molecule has 0 aliphatic carbocycles. The molecule has 6 nitrogen and oxygen atoms in total. The van der Waals surface area contributed by atoms with Crippen LogP contribution in [0.5, 0.6) is 11.5 Å². The number of methoxy groups -OCH3 is 1. The van der Waals surface area contributed by atoms with Gasteiger partial charge >= 0.3 is 0 Å². The van der Waals surface area contributed by atoms with Crippen molar-refractivity contribution in [2.45, 2.75) is 19.9 Å². The van der Waals surface area contributed by atoms with Crippen LogP contribution in [0.25, 0.3) is 6.08 Å². The lowest BCUT2D eigenvalue weighted by Crippen LogP contribution is -2.34. The minimum Gasteiger partial charge on any atom is -0.497 e. The number of thiocarbonyl (C=S) groups is 1. The maximum Gasteiger partial charge on any atom is 0.266 e. The zero-order chi connectivity index (χ0) is 21.7. The van der Waals surface area contributed by atoms with E-state index in [0.29, 0.717) is 32.0 Å². The van der Waals surface area contributed by atoms with Gasteiger partial charge in [-0.3, -0.25) is 14.5 Å². The van der Waals surface area contributed by atoms with E-state index in [1.165, 1.54) is 11.8 Å². The summed E-state index contributed by atoms with van der Waals surface area (Å²) in [5.41, 5.74) is 1.32. The number of nitrogens with one attached hydrogen (secondary N) is 1. The van der Waals surface area contributed by atoms with Crippen molar-refractivity contribution in [3.8, 4) is 11.5 Å². The molecule has 0 spiro atoms. The van der Waals surface area contributed by atoms with Crippen LogP contribution in [-0.2, 0) is 9.59 Å². The number of carbonyl (C=O) groups is 2. The van der Waals surface area contributed by atoms with E-state index in [-0.39, 0.29) is 24.5 Å². The minimum absolute atomic E-state index is 0.00444. The van der Waals surface area contributed by atoms with Crippen LogP contribution in [0.1, 0.15) is 19.4 Å². The molecule has 1 N–H and O–H groups in total. The van der Waals surface area contributed by atoms with Crippen LogP contribution < -0.4 is 14.8 Å². The van der Waals surface area contributed by atoms with E-state index in [2.05, 4.69) is 5.32 Å². The van der Waals surface area contributed by atoms with Crippen molar-refractivity contribution in [3.05, 3.63) is 59.0 Å². The molecule has 8 heteroatoms. The van der Waals surface area contributed by atoms with Crippen molar-refractivity contribution in [1.29, 1.82) is 0 Å². The van der Waals surface area contributed by atoms with Crippen LogP contribution in [0.2, 0.25) is 0 Å². The van der Waals surface area contributed by atoms with Crippen molar-refractivity contribution in [1.82, 2.24) is 4.90 Å². The lowest BCUT2D eigenvalue weighted by atomic mass is 10.2. The number of ether oxygens (including phenoxy) is 2. The van der Waals surface area contributed by atoms with Crippen LogP contribution >= 0.6 is 24.0 Å². The van der Waals surface area contributed by atoms with Gasteiger partial charge < -0.3 is 14.8 Å². The zero-order valence-electron chi connectivity index (χ0n) is 16.9. The van der Waals surface area contributed by atoms with Crippen molar-refractivity contribution in [2.24, 2.45) is 0 Å². The summed E-state index contributed by atoms with van der Waals surface area (Å²) in [5, 5.41) is 2.77. The Bertz CT molecular complexity index is 1000. The Labute approximate surface area is 185 Å².